The number of benzene rings is 2. The van der Waals surface area contributed by atoms with E-state index in [0.717, 1.165) is 18.7 Å². The molecule has 2 saturated heterocycles. The summed E-state index contributed by atoms with van der Waals surface area (Å²) in [5.41, 5.74) is 0.348. The molecule has 2 N–H and O–H groups in total. The largest absolute Gasteiger partial charge is 0.484 e. The molecule has 0 aromatic heterocycles. The first-order valence-electron chi connectivity index (χ1n) is 12.3. The van der Waals surface area contributed by atoms with E-state index >= 15 is 0 Å². The number of para-hydroxylation sites is 1. The Bertz CT molecular complexity index is 1360. The van der Waals surface area contributed by atoms with Crippen molar-refractivity contribution in [3.8, 4) is 5.75 Å². The molecule has 2 aliphatic heterocycles. The van der Waals surface area contributed by atoms with Gasteiger partial charge in [0.05, 0.1) is 9.67 Å². The van der Waals surface area contributed by atoms with Crippen LogP contribution in [0.25, 0.3) is 0 Å². The number of amides is 4. The zero-order valence-electron chi connectivity index (χ0n) is 21.9. The number of nitro groups is 1. The Morgan fingerprint density at radius 3 is 2.39 bits per heavy atom. The number of fused-ring (bicyclic) bond motifs is 1. The average Bonchev–Trinajstić information content (AvgIpc) is 3.22. The standard InChI is InChI=1S/C26H26N4O10S/c1-15(31)27-25(35)40-14-26(2)21(24(34)39-12-16-8-10-17(11-9-16)30(36)37)29-22(33)20(23(29)41-26)28-19(32)13-38-18-6-4-3-5-7-18/h3-11,20-21,23H,12-14H2,1-2H3,(H,28,32)(H,27,31,35)/t20?,21?,23-,26?/m1/s1. The third-order valence-electron chi connectivity index (χ3n) is 6.28. The predicted octanol–water partition coefficient (Wildman–Crippen LogP) is 1.52. The van der Waals surface area contributed by atoms with Crippen molar-refractivity contribution >= 4 is 47.2 Å². The minimum atomic E-state index is -1.21. The normalized spacial score (nSPS) is 22.5. The van der Waals surface area contributed by atoms with Gasteiger partial charge in [0.1, 0.15) is 36.4 Å². The summed E-state index contributed by atoms with van der Waals surface area (Å²) < 4.78 is 14.8. The van der Waals surface area contributed by atoms with Gasteiger partial charge in [-0.1, -0.05) is 18.2 Å². The summed E-state index contributed by atoms with van der Waals surface area (Å²) in [5, 5.41) is 14.8. The molecule has 14 nitrogen and oxygen atoms in total. The number of carbonyl (C=O) groups excluding carboxylic acids is 5. The monoisotopic (exact) mass is 586 g/mol. The van der Waals surface area contributed by atoms with E-state index in [1.807, 2.05) is 5.32 Å². The molecule has 4 amide bonds. The fourth-order valence-electron chi connectivity index (χ4n) is 4.35. The van der Waals surface area contributed by atoms with Crippen molar-refractivity contribution in [2.45, 2.75) is 42.7 Å². The van der Waals surface area contributed by atoms with Gasteiger partial charge in [0.2, 0.25) is 11.8 Å². The Balaban J connectivity index is 1.44. The predicted molar refractivity (Wildman–Crippen MR) is 142 cm³/mol. The minimum Gasteiger partial charge on any atom is -0.484 e. The van der Waals surface area contributed by atoms with E-state index in [1.54, 1.807) is 37.3 Å². The molecule has 2 aliphatic rings. The van der Waals surface area contributed by atoms with E-state index in [9.17, 15) is 34.1 Å². The molecule has 3 unspecified atom stereocenters. The Kier molecular flexibility index (Phi) is 8.76. The molecule has 41 heavy (non-hydrogen) atoms. The van der Waals surface area contributed by atoms with Crippen molar-refractivity contribution < 1.29 is 43.1 Å². The Morgan fingerprint density at radius 2 is 1.76 bits per heavy atom. The topological polar surface area (TPSA) is 183 Å². The van der Waals surface area contributed by atoms with E-state index < -0.39 is 56.9 Å². The van der Waals surface area contributed by atoms with Gasteiger partial charge < -0.3 is 24.4 Å². The van der Waals surface area contributed by atoms with Crippen LogP contribution >= 0.6 is 11.8 Å². The number of nitrogens with zero attached hydrogens (tertiary/aromatic N) is 2. The van der Waals surface area contributed by atoms with Crippen LogP contribution in [0.1, 0.15) is 19.4 Å². The first-order chi connectivity index (χ1) is 19.5. The van der Waals surface area contributed by atoms with Crippen LogP contribution in [0, 0.1) is 10.1 Å². The summed E-state index contributed by atoms with van der Waals surface area (Å²) in [6, 6.07) is 11.9. The second kappa shape index (κ2) is 12.2. The van der Waals surface area contributed by atoms with E-state index in [-0.39, 0.29) is 25.5 Å². The number of non-ortho nitro benzene ring substituents is 1. The minimum absolute atomic E-state index is 0.128. The number of ether oxygens (including phenoxy) is 3. The van der Waals surface area contributed by atoms with Crippen LogP contribution in [0.4, 0.5) is 10.5 Å². The maximum absolute atomic E-state index is 13.3. The highest BCUT2D eigenvalue weighted by molar-refractivity contribution is 8.01. The van der Waals surface area contributed by atoms with Gasteiger partial charge in [-0.2, -0.15) is 0 Å². The molecule has 0 saturated carbocycles. The molecule has 0 bridgehead atoms. The molecule has 4 rings (SSSR count). The maximum Gasteiger partial charge on any atom is 0.413 e. The lowest BCUT2D eigenvalue weighted by Crippen LogP contribution is -2.71. The van der Waals surface area contributed by atoms with Crippen molar-refractivity contribution in [2.24, 2.45) is 0 Å². The van der Waals surface area contributed by atoms with E-state index in [1.165, 1.54) is 29.2 Å². The highest BCUT2D eigenvalue weighted by atomic mass is 32.2. The van der Waals surface area contributed by atoms with Crippen LogP contribution in [-0.4, -0.2) is 75.0 Å². The maximum atomic E-state index is 13.3. The van der Waals surface area contributed by atoms with Gasteiger partial charge in [0, 0.05) is 19.1 Å². The van der Waals surface area contributed by atoms with Gasteiger partial charge in [-0.15, -0.1) is 11.8 Å². The summed E-state index contributed by atoms with van der Waals surface area (Å²) in [6.07, 6.45) is -1.03. The van der Waals surface area contributed by atoms with Crippen molar-refractivity contribution in [3.05, 3.63) is 70.3 Å². The molecule has 2 heterocycles. The number of alkyl carbamates (subject to hydrolysis) is 1. The van der Waals surface area contributed by atoms with Crippen LogP contribution in [0.3, 0.4) is 0 Å². The van der Waals surface area contributed by atoms with E-state index in [0.29, 0.717) is 11.3 Å². The van der Waals surface area contributed by atoms with Gasteiger partial charge in [-0.25, -0.2) is 9.59 Å². The quantitative estimate of drug-likeness (QED) is 0.178. The Labute approximate surface area is 237 Å². The number of hydrogen-bond donors (Lipinski definition) is 2. The van der Waals surface area contributed by atoms with E-state index in [4.69, 9.17) is 14.2 Å². The van der Waals surface area contributed by atoms with Gasteiger partial charge in [0.15, 0.2) is 6.61 Å². The molecule has 4 atom stereocenters. The third-order valence-corrected chi connectivity index (χ3v) is 7.90. The van der Waals surface area contributed by atoms with Gasteiger partial charge in [-0.3, -0.25) is 29.8 Å². The van der Waals surface area contributed by atoms with Gasteiger partial charge >= 0.3 is 12.1 Å². The number of rotatable bonds is 10. The number of nitro benzene ring substituents is 1. The molecule has 0 aliphatic carbocycles. The lowest BCUT2D eigenvalue weighted by atomic mass is 9.95. The summed E-state index contributed by atoms with van der Waals surface area (Å²) >= 11 is 1.14. The molecule has 216 valence electrons. The molecule has 0 spiro atoms. The Morgan fingerprint density at radius 1 is 1.07 bits per heavy atom. The molecular weight excluding hydrogens is 560 g/mol. The van der Waals surface area contributed by atoms with Crippen LogP contribution in [0.2, 0.25) is 0 Å². The second-order valence-electron chi connectivity index (χ2n) is 9.40. The number of hydrogen-bond acceptors (Lipinski definition) is 11. The number of nitrogens with one attached hydrogen (secondary N) is 2. The number of β-lactam (4-membered cyclic amide) rings is 1. The smallest absolute Gasteiger partial charge is 0.413 e. The highest BCUT2D eigenvalue weighted by Gasteiger charge is 2.66. The summed E-state index contributed by atoms with van der Waals surface area (Å²) in [7, 11) is 0. The molecule has 15 heteroatoms. The summed E-state index contributed by atoms with van der Waals surface area (Å²) in [5.74, 6) is -2.05. The van der Waals surface area contributed by atoms with Crippen LogP contribution < -0.4 is 15.4 Å². The Hall–Kier alpha value is -4.66. The molecule has 2 aromatic carbocycles. The lowest BCUT2D eigenvalue weighted by Gasteiger charge is -2.43. The van der Waals surface area contributed by atoms with Crippen LogP contribution in [0.15, 0.2) is 54.6 Å². The third kappa shape index (κ3) is 6.74. The molecule has 0 radical (unpaired) electrons. The average molecular weight is 587 g/mol. The van der Waals surface area contributed by atoms with Crippen molar-refractivity contribution in [1.29, 1.82) is 0 Å². The van der Waals surface area contributed by atoms with Crippen molar-refractivity contribution in [2.75, 3.05) is 13.2 Å². The zero-order valence-corrected chi connectivity index (χ0v) is 22.8. The summed E-state index contributed by atoms with van der Waals surface area (Å²) in [6.45, 7) is 1.79. The van der Waals surface area contributed by atoms with Gasteiger partial charge in [0.25, 0.3) is 11.6 Å². The lowest BCUT2D eigenvalue weighted by molar-refractivity contribution is -0.384. The highest BCUT2D eigenvalue weighted by Crippen LogP contribution is 2.51. The first-order valence-corrected chi connectivity index (χ1v) is 13.2. The molecule has 2 aromatic rings. The van der Waals surface area contributed by atoms with Crippen LogP contribution in [-0.2, 0) is 35.3 Å². The molecule has 2 fully saturated rings. The SMILES string of the molecule is CC(=O)NC(=O)OCC1(C)S[C@@H]2C(NC(=O)COc3ccccc3)C(=O)N2C1C(=O)OCc1ccc([N+](=O)[O-])cc1. The fourth-order valence-corrected chi connectivity index (χ4v) is 6.02. The van der Waals surface area contributed by atoms with Crippen LogP contribution in [0.5, 0.6) is 5.75 Å². The number of carbonyl (C=O) groups is 5. The molecular formula is C26H26N4O10S. The zero-order chi connectivity index (χ0) is 29.7. The van der Waals surface area contributed by atoms with Crippen molar-refractivity contribution in [3.63, 3.8) is 0 Å². The first kappa shape index (κ1) is 29.3. The number of thioether (sulfide) groups is 1. The number of esters is 1. The fraction of sp³-hybridized carbons (Fsp3) is 0.346. The second-order valence-corrected chi connectivity index (χ2v) is 11.1. The van der Waals surface area contributed by atoms with Crippen molar-refractivity contribution in [1.82, 2.24) is 15.5 Å². The van der Waals surface area contributed by atoms with E-state index in [2.05, 4.69) is 5.32 Å². The number of imide groups is 1. The summed E-state index contributed by atoms with van der Waals surface area (Å²) in [4.78, 5) is 73.7. The van der Waals surface area contributed by atoms with Gasteiger partial charge in [-0.05, 0) is 36.8 Å².